The molecule has 2 rings (SSSR count). The number of nitrogens with zero attached hydrogens (tertiary/aromatic N) is 2. The Morgan fingerprint density at radius 1 is 1.06 bits per heavy atom. The lowest BCUT2D eigenvalue weighted by molar-refractivity contribution is 0.415. The van der Waals surface area contributed by atoms with Crippen molar-refractivity contribution in [2.24, 2.45) is 10.2 Å². The first-order valence-electron chi connectivity index (χ1n) is 5.61. The molecule has 92 valence electrons. The van der Waals surface area contributed by atoms with E-state index in [2.05, 4.69) is 10.2 Å². The molecule has 0 spiro atoms. The molecule has 2 aromatic rings. The van der Waals surface area contributed by atoms with Crippen molar-refractivity contribution in [1.29, 1.82) is 0 Å². The van der Waals surface area contributed by atoms with Crippen molar-refractivity contribution in [2.75, 3.05) is 12.8 Å². The third kappa shape index (κ3) is 2.85. The van der Waals surface area contributed by atoms with Gasteiger partial charge in [-0.1, -0.05) is 6.07 Å². The van der Waals surface area contributed by atoms with Crippen LogP contribution in [-0.2, 0) is 0 Å². The first-order valence-corrected chi connectivity index (χ1v) is 5.61. The first kappa shape index (κ1) is 12.1. The van der Waals surface area contributed by atoms with Crippen LogP contribution in [0.3, 0.4) is 0 Å². The van der Waals surface area contributed by atoms with Gasteiger partial charge in [-0.3, -0.25) is 0 Å². The molecule has 0 aliphatic rings. The smallest absolute Gasteiger partial charge is 0.121 e. The Bertz CT molecular complexity index is 579. The topological polar surface area (TPSA) is 60.0 Å². The second-order valence-corrected chi connectivity index (χ2v) is 3.95. The predicted molar refractivity (Wildman–Crippen MR) is 72.8 cm³/mol. The predicted octanol–water partition coefficient (Wildman–Crippen LogP) is 4.00. The molecule has 0 bridgehead atoms. The fraction of sp³-hybridized carbons (Fsp3) is 0.143. The fourth-order valence-corrected chi connectivity index (χ4v) is 1.58. The number of nitrogen functional groups attached to an aromatic ring is 1. The second-order valence-electron chi connectivity index (χ2n) is 3.95. The number of methoxy groups -OCH3 is 1. The van der Waals surface area contributed by atoms with Gasteiger partial charge >= 0.3 is 0 Å². The van der Waals surface area contributed by atoms with Gasteiger partial charge in [0.15, 0.2) is 0 Å². The molecule has 4 nitrogen and oxygen atoms in total. The van der Waals surface area contributed by atoms with Crippen molar-refractivity contribution in [3.63, 3.8) is 0 Å². The number of nitrogens with two attached hydrogens (primary N) is 1. The van der Waals surface area contributed by atoms with Gasteiger partial charge in [0.1, 0.15) is 5.75 Å². The highest BCUT2D eigenvalue weighted by atomic mass is 16.5. The molecule has 0 aromatic heterocycles. The molecule has 0 heterocycles. The minimum Gasteiger partial charge on any atom is -0.497 e. The van der Waals surface area contributed by atoms with Gasteiger partial charge < -0.3 is 10.5 Å². The van der Waals surface area contributed by atoms with Crippen LogP contribution >= 0.6 is 0 Å². The zero-order valence-corrected chi connectivity index (χ0v) is 10.4. The van der Waals surface area contributed by atoms with Crippen molar-refractivity contribution in [3.8, 4) is 5.75 Å². The van der Waals surface area contributed by atoms with E-state index in [1.54, 1.807) is 7.11 Å². The van der Waals surface area contributed by atoms with Crippen molar-refractivity contribution < 1.29 is 4.74 Å². The Balaban J connectivity index is 2.24. The molecule has 0 saturated carbocycles. The number of rotatable bonds is 3. The van der Waals surface area contributed by atoms with Gasteiger partial charge in [-0.05, 0) is 42.8 Å². The Kier molecular flexibility index (Phi) is 3.57. The van der Waals surface area contributed by atoms with Crippen LogP contribution in [-0.4, -0.2) is 7.11 Å². The van der Waals surface area contributed by atoms with E-state index in [9.17, 15) is 0 Å². The number of anilines is 1. The third-order valence-corrected chi connectivity index (χ3v) is 2.55. The molecular weight excluding hydrogens is 226 g/mol. The summed E-state index contributed by atoms with van der Waals surface area (Å²) in [5.41, 5.74) is 8.98. The van der Waals surface area contributed by atoms with Gasteiger partial charge in [0.2, 0.25) is 0 Å². The summed E-state index contributed by atoms with van der Waals surface area (Å²) in [5, 5.41) is 8.39. The minimum absolute atomic E-state index is 0.729. The third-order valence-electron chi connectivity index (χ3n) is 2.55. The molecule has 2 aromatic carbocycles. The molecule has 0 unspecified atom stereocenters. The summed E-state index contributed by atoms with van der Waals surface area (Å²) in [6, 6.07) is 13.0. The van der Waals surface area contributed by atoms with Crippen LogP contribution in [0.25, 0.3) is 0 Å². The molecule has 0 radical (unpaired) electrons. The molecule has 0 atom stereocenters. The minimum atomic E-state index is 0.729. The lowest BCUT2D eigenvalue weighted by Gasteiger charge is -2.01. The summed E-state index contributed by atoms with van der Waals surface area (Å²) in [6.45, 7) is 1.95. The van der Waals surface area contributed by atoms with Crippen molar-refractivity contribution in [3.05, 3.63) is 48.0 Å². The lowest BCUT2D eigenvalue weighted by Crippen LogP contribution is -1.84. The fourth-order valence-electron chi connectivity index (χ4n) is 1.58. The lowest BCUT2D eigenvalue weighted by atomic mass is 10.2. The van der Waals surface area contributed by atoms with Crippen molar-refractivity contribution >= 4 is 17.1 Å². The van der Waals surface area contributed by atoms with E-state index in [1.165, 1.54) is 0 Å². The number of hydrogen-bond donors (Lipinski definition) is 1. The largest absolute Gasteiger partial charge is 0.497 e. The Morgan fingerprint density at radius 3 is 2.61 bits per heavy atom. The van der Waals surface area contributed by atoms with E-state index in [0.717, 1.165) is 28.4 Å². The average molecular weight is 241 g/mol. The van der Waals surface area contributed by atoms with Gasteiger partial charge in [-0.15, -0.1) is 0 Å². The van der Waals surface area contributed by atoms with Crippen LogP contribution in [0.5, 0.6) is 5.75 Å². The van der Waals surface area contributed by atoms with Gasteiger partial charge in [0.05, 0.1) is 18.5 Å². The van der Waals surface area contributed by atoms with E-state index < -0.39 is 0 Å². The molecule has 18 heavy (non-hydrogen) atoms. The van der Waals surface area contributed by atoms with Gasteiger partial charge in [0.25, 0.3) is 0 Å². The highest BCUT2D eigenvalue weighted by Gasteiger charge is 1.97. The Labute approximate surface area is 106 Å². The summed E-state index contributed by atoms with van der Waals surface area (Å²) in [6.07, 6.45) is 0. The standard InChI is InChI=1S/C14H15N3O/c1-10-8-11(15)6-7-14(10)17-16-12-4-3-5-13(9-12)18-2/h3-9H,15H2,1-2H3/b17-16+. The number of hydrogen-bond acceptors (Lipinski definition) is 4. The Morgan fingerprint density at radius 2 is 1.89 bits per heavy atom. The van der Waals surface area contributed by atoms with E-state index in [4.69, 9.17) is 10.5 Å². The van der Waals surface area contributed by atoms with Crippen LogP contribution in [0.15, 0.2) is 52.7 Å². The van der Waals surface area contributed by atoms with Crippen molar-refractivity contribution in [2.45, 2.75) is 6.92 Å². The second kappa shape index (κ2) is 5.31. The van der Waals surface area contributed by atoms with E-state index >= 15 is 0 Å². The number of aryl methyl sites for hydroxylation is 1. The van der Waals surface area contributed by atoms with Crippen molar-refractivity contribution in [1.82, 2.24) is 0 Å². The first-order chi connectivity index (χ1) is 8.69. The highest BCUT2D eigenvalue weighted by molar-refractivity contribution is 5.54. The molecule has 0 saturated heterocycles. The number of benzene rings is 2. The quantitative estimate of drug-likeness (QED) is 0.652. The normalized spacial score (nSPS) is 10.8. The summed E-state index contributed by atoms with van der Waals surface area (Å²) in [4.78, 5) is 0. The zero-order chi connectivity index (χ0) is 13.0. The summed E-state index contributed by atoms with van der Waals surface area (Å²) >= 11 is 0. The molecule has 4 heteroatoms. The van der Waals surface area contributed by atoms with E-state index in [0.29, 0.717) is 0 Å². The monoisotopic (exact) mass is 241 g/mol. The summed E-state index contributed by atoms with van der Waals surface area (Å²) < 4.78 is 5.13. The maximum absolute atomic E-state index is 5.68. The van der Waals surface area contributed by atoms with Crippen LogP contribution in [0, 0.1) is 6.92 Å². The molecular formula is C14H15N3O. The highest BCUT2D eigenvalue weighted by Crippen LogP contribution is 2.25. The average Bonchev–Trinajstić information content (AvgIpc) is 2.38. The molecule has 0 aliphatic heterocycles. The van der Waals surface area contributed by atoms with E-state index in [-0.39, 0.29) is 0 Å². The number of ether oxygens (including phenoxy) is 1. The summed E-state index contributed by atoms with van der Waals surface area (Å²) in [7, 11) is 1.63. The molecule has 0 fully saturated rings. The Hall–Kier alpha value is -2.36. The SMILES string of the molecule is COc1cccc(/N=N/c2ccc(N)cc2C)c1. The maximum atomic E-state index is 5.68. The van der Waals surface area contributed by atoms with Crippen LogP contribution in [0.1, 0.15) is 5.56 Å². The van der Waals surface area contributed by atoms with Gasteiger partial charge in [0, 0.05) is 11.8 Å². The van der Waals surface area contributed by atoms with Crippen LogP contribution < -0.4 is 10.5 Å². The van der Waals surface area contributed by atoms with E-state index in [1.807, 2.05) is 49.4 Å². The van der Waals surface area contributed by atoms with Crippen LogP contribution in [0.4, 0.5) is 17.1 Å². The number of azo groups is 1. The molecule has 0 amide bonds. The molecule has 0 aliphatic carbocycles. The van der Waals surface area contributed by atoms with Crippen LogP contribution in [0.2, 0.25) is 0 Å². The van der Waals surface area contributed by atoms with Gasteiger partial charge in [-0.25, -0.2) is 0 Å². The van der Waals surface area contributed by atoms with Gasteiger partial charge in [-0.2, -0.15) is 10.2 Å². The molecule has 2 N–H and O–H groups in total. The zero-order valence-electron chi connectivity index (χ0n) is 10.4. The maximum Gasteiger partial charge on any atom is 0.121 e. The summed E-state index contributed by atoms with van der Waals surface area (Å²) in [5.74, 6) is 0.764.